The van der Waals surface area contributed by atoms with Gasteiger partial charge in [-0.2, -0.15) is 0 Å². The van der Waals surface area contributed by atoms with Gasteiger partial charge in [-0.15, -0.1) is 0 Å². The number of carbonyl (C=O) groups is 2. The lowest BCUT2D eigenvalue weighted by Crippen LogP contribution is -2.09. The summed E-state index contributed by atoms with van der Waals surface area (Å²) < 4.78 is 9.75. The molecular formula is C18H38O8. The highest BCUT2D eigenvalue weighted by Crippen LogP contribution is 1.97. The minimum atomic E-state index is -0.682. The number of hydrogen-bond donors (Lipinski definition) is 4. The second kappa shape index (κ2) is 28.6. The summed E-state index contributed by atoms with van der Waals surface area (Å²) >= 11 is 0. The van der Waals surface area contributed by atoms with Crippen LogP contribution in [0.3, 0.4) is 0 Å². The number of carboxylic acid groups (broad SMARTS) is 2. The highest BCUT2D eigenvalue weighted by molar-refractivity contribution is 5.66. The van der Waals surface area contributed by atoms with E-state index in [0.29, 0.717) is 39.3 Å². The molecular weight excluding hydrogens is 344 g/mol. The van der Waals surface area contributed by atoms with Gasteiger partial charge in [0.25, 0.3) is 0 Å². The smallest absolute Gasteiger partial charge is 0.303 e. The summed E-state index contributed by atoms with van der Waals surface area (Å²) in [7, 11) is 0. The molecule has 0 unspecified atom stereocenters. The zero-order chi connectivity index (χ0) is 20.5. The second-order valence-electron chi connectivity index (χ2n) is 5.37. The van der Waals surface area contributed by atoms with E-state index in [-0.39, 0.29) is 13.2 Å². The molecule has 26 heavy (non-hydrogen) atoms. The van der Waals surface area contributed by atoms with E-state index in [1.807, 2.05) is 0 Å². The van der Waals surface area contributed by atoms with Gasteiger partial charge in [-0.25, -0.2) is 0 Å². The Bertz CT molecular complexity index is 256. The Labute approximate surface area is 157 Å². The van der Waals surface area contributed by atoms with Gasteiger partial charge in [0.2, 0.25) is 0 Å². The molecule has 0 radical (unpaired) electrons. The van der Waals surface area contributed by atoms with Gasteiger partial charge in [-0.05, 0) is 12.8 Å². The van der Waals surface area contributed by atoms with Crippen LogP contribution in [0.4, 0.5) is 0 Å². The number of rotatable bonds is 15. The average molecular weight is 382 g/mol. The molecule has 4 N–H and O–H groups in total. The fraction of sp³-hybridized carbons (Fsp3) is 0.889. The zero-order valence-corrected chi connectivity index (χ0v) is 16.3. The molecule has 8 nitrogen and oxygen atoms in total. The summed E-state index contributed by atoms with van der Waals surface area (Å²) in [6, 6.07) is 0. The molecule has 0 bridgehead atoms. The van der Waals surface area contributed by atoms with Gasteiger partial charge in [-0.3, -0.25) is 9.59 Å². The Hall–Kier alpha value is -1.22. The molecule has 0 atom stereocenters. The molecule has 0 aromatic carbocycles. The quantitative estimate of drug-likeness (QED) is 0.317. The van der Waals surface area contributed by atoms with E-state index in [9.17, 15) is 9.59 Å². The first-order valence-electron chi connectivity index (χ1n) is 9.26. The maximum atomic E-state index is 9.87. The van der Waals surface area contributed by atoms with Gasteiger partial charge in [0.15, 0.2) is 0 Å². The highest BCUT2D eigenvalue weighted by atomic mass is 16.5. The predicted molar refractivity (Wildman–Crippen MR) is 99.4 cm³/mol. The number of carboxylic acids is 2. The summed E-state index contributed by atoms with van der Waals surface area (Å²) in [6.45, 7) is 5.84. The van der Waals surface area contributed by atoms with Gasteiger partial charge in [0, 0.05) is 12.8 Å². The van der Waals surface area contributed by atoms with Crippen LogP contribution in [0.5, 0.6) is 0 Å². The lowest BCUT2D eigenvalue weighted by molar-refractivity contribution is -0.138. The fourth-order valence-electron chi connectivity index (χ4n) is 1.50. The first-order chi connectivity index (χ1) is 12.5. The number of ether oxygens (including phenoxy) is 2. The van der Waals surface area contributed by atoms with Gasteiger partial charge < -0.3 is 29.9 Å². The molecule has 0 aromatic rings. The van der Waals surface area contributed by atoms with Gasteiger partial charge in [-0.1, -0.05) is 39.5 Å². The number of aliphatic hydroxyl groups is 2. The number of hydrogen-bond acceptors (Lipinski definition) is 6. The monoisotopic (exact) mass is 382 g/mol. The SMILES string of the molecule is CCCCCC(=O)O.CCCCCC(=O)O.OCCOCCOCCO. The van der Waals surface area contributed by atoms with Crippen LogP contribution in [0.15, 0.2) is 0 Å². The minimum absolute atomic E-state index is 0.0417. The molecule has 0 saturated carbocycles. The molecule has 0 aliphatic rings. The molecule has 0 aliphatic heterocycles. The van der Waals surface area contributed by atoms with Crippen LogP contribution >= 0.6 is 0 Å². The maximum absolute atomic E-state index is 9.87. The van der Waals surface area contributed by atoms with E-state index in [0.717, 1.165) is 38.5 Å². The van der Waals surface area contributed by atoms with E-state index in [1.54, 1.807) is 0 Å². The van der Waals surface area contributed by atoms with Gasteiger partial charge >= 0.3 is 11.9 Å². The maximum Gasteiger partial charge on any atom is 0.303 e. The van der Waals surface area contributed by atoms with E-state index in [4.69, 9.17) is 29.9 Å². The van der Waals surface area contributed by atoms with Crippen LogP contribution in [-0.4, -0.2) is 72.0 Å². The van der Waals surface area contributed by atoms with Crippen molar-refractivity contribution in [3.63, 3.8) is 0 Å². The Morgan fingerprint density at radius 1 is 0.654 bits per heavy atom. The van der Waals surface area contributed by atoms with Crippen molar-refractivity contribution in [2.75, 3.05) is 39.6 Å². The molecule has 0 fully saturated rings. The first-order valence-corrected chi connectivity index (χ1v) is 9.26. The Kier molecular flexibility index (Phi) is 32.5. The van der Waals surface area contributed by atoms with Gasteiger partial charge in [0.1, 0.15) is 0 Å². The second-order valence-corrected chi connectivity index (χ2v) is 5.37. The third kappa shape index (κ3) is 43.4. The fourth-order valence-corrected chi connectivity index (χ4v) is 1.50. The third-order valence-electron chi connectivity index (χ3n) is 2.83. The van der Waals surface area contributed by atoms with Crippen molar-refractivity contribution < 1.29 is 39.5 Å². The van der Waals surface area contributed by atoms with Crippen molar-refractivity contribution in [1.82, 2.24) is 0 Å². The largest absolute Gasteiger partial charge is 0.481 e. The van der Waals surface area contributed by atoms with Crippen LogP contribution < -0.4 is 0 Å². The van der Waals surface area contributed by atoms with Crippen LogP contribution in [0.25, 0.3) is 0 Å². The topological polar surface area (TPSA) is 134 Å². The van der Waals surface area contributed by atoms with Crippen LogP contribution in [-0.2, 0) is 19.1 Å². The predicted octanol–water partition coefficient (Wildman–Crippen LogP) is 2.31. The molecule has 0 saturated heterocycles. The summed E-state index contributed by atoms with van der Waals surface area (Å²) in [5.74, 6) is -1.36. The Morgan fingerprint density at radius 2 is 1.00 bits per heavy atom. The van der Waals surface area contributed by atoms with E-state index in [2.05, 4.69) is 13.8 Å². The molecule has 8 heteroatoms. The molecule has 0 aromatic heterocycles. The summed E-state index contributed by atoms with van der Waals surface area (Å²) in [5.41, 5.74) is 0. The van der Waals surface area contributed by atoms with Crippen LogP contribution in [0.1, 0.15) is 65.2 Å². The summed E-state index contributed by atoms with van der Waals surface area (Å²) in [6.07, 6.45) is 6.55. The Morgan fingerprint density at radius 3 is 1.23 bits per heavy atom. The minimum Gasteiger partial charge on any atom is -0.481 e. The summed E-state index contributed by atoms with van der Waals surface area (Å²) in [4.78, 5) is 19.7. The van der Waals surface area contributed by atoms with Crippen molar-refractivity contribution in [1.29, 1.82) is 0 Å². The normalized spacial score (nSPS) is 9.54. The molecule has 0 amide bonds. The van der Waals surface area contributed by atoms with Crippen molar-refractivity contribution in [2.24, 2.45) is 0 Å². The first kappa shape index (κ1) is 29.5. The zero-order valence-electron chi connectivity index (χ0n) is 16.3. The lowest BCUT2D eigenvalue weighted by Gasteiger charge is -2.01. The molecule has 158 valence electrons. The van der Waals surface area contributed by atoms with E-state index < -0.39 is 11.9 Å². The Balaban J connectivity index is -0.000000308. The van der Waals surface area contributed by atoms with E-state index in [1.165, 1.54) is 0 Å². The highest BCUT2D eigenvalue weighted by Gasteiger charge is 1.93. The van der Waals surface area contributed by atoms with Gasteiger partial charge in [0.05, 0.1) is 39.6 Å². The standard InChI is InChI=1S/C6H14O4.2C6H12O2/c7-1-3-9-5-6-10-4-2-8;2*1-2-3-4-5-6(7)8/h7-8H,1-6H2;2*2-5H2,1H3,(H,7,8). The van der Waals surface area contributed by atoms with Crippen LogP contribution in [0.2, 0.25) is 0 Å². The van der Waals surface area contributed by atoms with E-state index >= 15 is 0 Å². The molecule has 0 aliphatic carbocycles. The van der Waals surface area contributed by atoms with Crippen molar-refractivity contribution in [3.8, 4) is 0 Å². The average Bonchev–Trinajstić information content (AvgIpc) is 2.59. The molecule has 0 rings (SSSR count). The number of aliphatic carboxylic acids is 2. The van der Waals surface area contributed by atoms with Crippen molar-refractivity contribution >= 4 is 11.9 Å². The number of aliphatic hydroxyl groups excluding tert-OH is 2. The van der Waals surface area contributed by atoms with Crippen molar-refractivity contribution in [2.45, 2.75) is 65.2 Å². The van der Waals surface area contributed by atoms with Crippen molar-refractivity contribution in [3.05, 3.63) is 0 Å². The van der Waals surface area contributed by atoms with Crippen LogP contribution in [0, 0.1) is 0 Å². The summed E-state index contributed by atoms with van der Waals surface area (Å²) in [5, 5.41) is 32.8. The molecule has 0 spiro atoms. The molecule has 0 heterocycles. The number of unbranched alkanes of at least 4 members (excludes halogenated alkanes) is 4. The third-order valence-corrected chi connectivity index (χ3v) is 2.83. The lowest BCUT2D eigenvalue weighted by atomic mass is 10.2.